The van der Waals surface area contributed by atoms with Crippen LogP contribution in [0.25, 0.3) is 0 Å². The lowest BCUT2D eigenvalue weighted by Gasteiger charge is -2.13. The number of benzene rings is 2. The molecule has 2 N–H and O–H groups in total. The second-order valence-electron chi connectivity index (χ2n) is 6.23. The molecule has 0 heterocycles. The van der Waals surface area contributed by atoms with Crippen LogP contribution in [0.4, 0.5) is 10.5 Å². The number of hydrogen-bond acceptors (Lipinski definition) is 1. The molecule has 3 nitrogen and oxygen atoms in total. The minimum Gasteiger partial charge on any atom is -0.334 e. The van der Waals surface area contributed by atoms with Crippen LogP contribution in [-0.2, 0) is 0 Å². The van der Waals surface area contributed by atoms with Gasteiger partial charge in [0.05, 0.1) is 0 Å². The first-order valence-electron chi connectivity index (χ1n) is 7.75. The normalized spacial score (nSPS) is 19.6. The van der Waals surface area contributed by atoms with Crippen LogP contribution in [0, 0.1) is 20.8 Å². The van der Waals surface area contributed by atoms with Gasteiger partial charge >= 0.3 is 6.03 Å². The van der Waals surface area contributed by atoms with E-state index in [4.69, 9.17) is 0 Å². The summed E-state index contributed by atoms with van der Waals surface area (Å²) in [5.41, 5.74) is 5.63. The highest BCUT2D eigenvalue weighted by Gasteiger charge is 2.39. The zero-order chi connectivity index (χ0) is 15.7. The number of urea groups is 1. The van der Waals surface area contributed by atoms with Gasteiger partial charge in [-0.05, 0) is 43.9 Å². The molecule has 0 radical (unpaired) electrons. The molecule has 1 aliphatic carbocycles. The maximum absolute atomic E-state index is 12.2. The van der Waals surface area contributed by atoms with Gasteiger partial charge in [-0.1, -0.05) is 48.0 Å². The Morgan fingerprint density at radius 1 is 1.05 bits per heavy atom. The monoisotopic (exact) mass is 294 g/mol. The van der Waals surface area contributed by atoms with E-state index in [2.05, 4.69) is 41.8 Å². The molecule has 3 heteroatoms. The van der Waals surface area contributed by atoms with Crippen molar-refractivity contribution in [1.82, 2.24) is 5.32 Å². The average Bonchev–Trinajstić information content (AvgIpc) is 3.23. The van der Waals surface area contributed by atoms with Crippen molar-refractivity contribution < 1.29 is 4.79 Å². The predicted octanol–water partition coefficient (Wildman–Crippen LogP) is 4.29. The Labute approximate surface area is 131 Å². The fraction of sp³-hybridized carbons (Fsp3) is 0.316. The van der Waals surface area contributed by atoms with Crippen molar-refractivity contribution in [3.05, 3.63) is 64.7 Å². The fourth-order valence-electron chi connectivity index (χ4n) is 3.12. The van der Waals surface area contributed by atoms with Gasteiger partial charge in [-0.2, -0.15) is 0 Å². The van der Waals surface area contributed by atoms with Crippen molar-refractivity contribution in [3.8, 4) is 0 Å². The molecular formula is C19H22N2O. The summed E-state index contributed by atoms with van der Waals surface area (Å²) < 4.78 is 0. The van der Waals surface area contributed by atoms with Crippen LogP contribution in [0.5, 0.6) is 0 Å². The van der Waals surface area contributed by atoms with Crippen molar-refractivity contribution in [2.45, 2.75) is 39.2 Å². The Balaban J connectivity index is 1.61. The van der Waals surface area contributed by atoms with Gasteiger partial charge in [0.25, 0.3) is 0 Å². The third-order valence-electron chi connectivity index (χ3n) is 4.25. The van der Waals surface area contributed by atoms with Gasteiger partial charge in [0.15, 0.2) is 0 Å². The first-order valence-corrected chi connectivity index (χ1v) is 7.75. The van der Waals surface area contributed by atoms with E-state index >= 15 is 0 Å². The maximum Gasteiger partial charge on any atom is 0.319 e. The molecule has 0 saturated heterocycles. The van der Waals surface area contributed by atoms with E-state index in [9.17, 15) is 4.79 Å². The van der Waals surface area contributed by atoms with E-state index in [1.165, 1.54) is 11.1 Å². The first kappa shape index (κ1) is 14.6. The van der Waals surface area contributed by atoms with Gasteiger partial charge in [0.2, 0.25) is 0 Å². The summed E-state index contributed by atoms with van der Waals surface area (Å²) in [6.45, 7) is 6.12. The lowest BCUT2D eigenvalue weighted by Crippen LogP contribution is -2.31. The zero-order valence-electron chi connectivity index (χ0n) is 13.3. The van der Waals surface area contributed by atoms with Crippen LogP contribution in [0.1, 0.15) is 34.6 Å². The van der Waals surface area contributed by atoms with Crippen molar-refractivity contribution >= 4 is 11.7 Å². The van der Waals surface area contributed by atoms with Gasteiger partial charge in [0.1, 0.15) is 0 Å². The van der Waals surface area contributed by atoms with Crippen molar-refractivity contribution in [1.29, 1.82) is 0 Å². The second kappa shape index (κ2) is 5.84. The topological polar surface area (TPSA) is 41.1 Å². The molecule has 0 spiro atoms. The van der Waals surface area contributed by atoms with Crippen LogP contribution in [0.3, 0.4) is 0 Å². The van der Waals surface area contributed by atoms with Crippen LogP contribution >= 0.6 is 0 Å². The van der Waals surface area contributed by atoms with E-state index in [0.717, 1.165) is 23.2 Å². The Morgan fingerprint density at radius 3 is 2.32 bits per heavy atom. The first-order chi connectivity index (χ1) is 10.5. The number of rotatable bonds is 3. The van der Waals surface area contributed by atoms with E-state index in [1.54, 1.807) is 0 Å². The molecule has 22 heavy (non-hydrogen) atoms. The zero-order valence-corrected chi connectivity index (χ0v) is 13.3. The van der Waals surface area contributed by atoms with Gasteiger partial charge < -0.3 is 10.6 Å². The minimum absolute atomic E-state index is 0.113. The SMILES string of the molecule is Cc1cc(C)c(NC(=O)NC2CC2c2ccccc2)c(C)c1. The predicted molar refractivity (Wildman–Crippen MR) is 90.4 cm³/mol. The van der Waals surface area contributed by atoms with Crippen molar-refractivity contribution in [2.75, 3.05) is 5.32 Å². The van der Waals surface area contributed by atoms with E-state index < -0.39 is 0 Å². The van der Waals surface area contributed by atoms with E-state index in [-0.39, 0.29) is 12.1 Å². The van der Waals surface area contributed by atoms with Crippen LogP contribution in [-0.4, -0.2) is 12.1 Å². The Hall–Kier alpha value is -2.29. The molecule has 1 fully saturated rings. The largest absolute Gasteiger partial charge is 0.334 e. The van der Waals surface area contributed by atoms with Crippen LogP contribution in [0.2, 0.25) is 0 Å². The van der Waals surface area contributed by atoms with Crippen molar-refractivity contribution in [2.24, 2.45) is 0 Å². The van der Waals surface area contributed by atoms with Gasteiger partial charge in [0, 0.05) is 17.6 Å². The second-order valence-corrected chi connectivity index (χ2v) is 6.23. The number of aryl methyl sites for hydroxylation is 3. The summed E-state index contributed by atoms with van der Waals surface area (Å²) in [5, 5.41) is 6.07. The van der Waals surface area contributed by atoms with Gasteiger partial charge in [-0.15, -0.1) is 0 Å². The molecule has 1 saturated carbocycles. The summed E-state index contributed by atoms with van der Waals surface area (Å²) in [6, 6.07) is 14.7. The maximum atomic E-state index is 12.2. The van der Waals surface area contributed by atoms with Crippen LogP contribution < -0.4 is 10.6 Å². The summed E-state index contributed by atoms with van der Waals surface area (Å²) in [7, 11) is 0. The molecule has 3 rings (SSSR count). The number of anilines is 1. The highest BCUT2D eigenvalue weighted by molar-refractivity contribution is 5.91. The lowest BCUT2D eigenvalue weighted by molar-refractivity contribution is 0.251. The summed E-state index contributed by atoms with van der Waals surface area (Å²) in [4.78, 5) is 12.2. The minimum atomic E-state index is -0.113. The molecular weight excluding hydrogens is 272 g/mol. The summed E-state index contributed by atoms with van der Waals surface area (Å²) in [6.07, 6.45) is 1.02. The lowest BCUT2D eigenvalue weighted by atomic mass is 10.1. The number of hydrogen-bond donors (Lipinski definition) is 2. The van der Waals surface area contributed by atoms with Crippen molar-refractivity contribution in [3.63, 3.8) is 0 Å². The van der Waals surface area contributed by atoms with Gasteiger partial charge in [-0.3, -0.25) is 0 Å². The highest BCUT2D eigenvalue weighted by Crippen LogP contribution is 2.40. The molecule has 0 bridgehead atoms. The smallest absolute Gasteiger partial charge is 0.319 e. The molecule has 0 aliphatic heterocycles. The molecule has 1 aliphatic rings. The van der Waals surface area contributed by atoms with Gasteiger partial charge in [-0.25, -0.2) is 4.79 Å². The summed E-state index contributed by atoms with van der Waals surface area (Å²) >= 11 is 0. The third kappa shape index (κ3) is 3.14. The molecule has 114 valence electrons. The molecule has 2 amide bonds. The quantitative estimate of drug-likeness (QED) is 0.871. The number of carbonyl (C=O) groups is 1. The Morgan fingerprint density at radius 2 is 1.68 bits per heavy atom. The molecule has 2 unspecified atom stereocenters. The average molecular weight is 294 g/mol. The van der Waals surface area contributed by atoms with Crippen LogP contribution in [0.15, 0.2) is 42.5 Å². The molecule has 2 aromatic rings. The Bertz CT molecular complexity index is 671. The fourth-order valence-corrected chi connectivity index (χ4v) is 3.12. The number of amides is 2. The third-order valence-corrected chi connectivity index (χ3v) is 4.25. The number of nitrogens with one attached hydrogen (secondary N) is 2. The summed E-state index contributed by atoms with van der Waals surface area (Å²) in [5.74, 6) is 0.451. The number of carbonyl (C=O) groups excluding carboxylic acids is 1. The standard InChI is InChI=1S/C19H22N2O/c1-12-9-13(2)18(14(3)10-12)21-19(22)20-17-11-16(17)15-7-5-4-6-8-15/h4-10,16-17H,11H2,1-3H3,(H2,20,21,22). The van der Waals surface area contributed by atoms with E-state index in [1.807, 2.05) is 32.0 Å². The molecule has 0 aromatic heterocycles. The highest BCUT2D eigenvalue weighted by atomic mass is 16.2. The van der Waals surface area contributed by atoms with E-state index in [0.29, 0.717) is 5.92 Å². The Kier molecular flexibility index (Phi) is 3.88. The molecule has 2 atom stereocenters. The molecule has 2 aromatic carbocycles.